The number of aliphatic hydroxyl groups is 1. The molecule has 1 amide bonds. The van der Waals surface area contributed by atoms with Crippen molar-refractivity contribution < 1.29 is 23.1 Å². The largest absolute Gasteiger partial charge is 0.417 e. The van der Waals surface area contributed by atoms with Gasteiger partial charge in [-0.2, -0.15) is 13.2 Å². The first-order chi connectivity index (χ1) is 8.72. The van der Waals surface area contributed by atoms with Gasteiger partial charge in [-0.05, 0) is 25.0 Å². The van der Waals surface area contributed by atoms with Crippen LogP contribution in [-0.2, 0) is 11.2 Å². The summed E-state index contributed by atoms with van der Waals surface area (Å²) >= 11 is 0. The molecule has 1 aliphatic rings. The van der Waals surface area contributed by atoms with Gasteiger partial charge in [0.05, 0.1) is 6.42 Å². The van der Waals surface area contributed by atoms with Crippen molar-refractivity contribution in [3.8, 4) is 0 Å². The number of hydrogen-bond acceptors (Lipinski definition) is 2. The highest BCUT2D eigenvalue weighted by atomic mass is 19.4. The first-order valence-corrected chi connectivity index (χ1v) is 5.90. The summed E-state index contributed by atoms with van der Waals surface area (Å²) in [6, 6.07) is 7.08. The average molecular weight is 273 g/mol. The van der Waals surface area contributed by atoms with Gasteiger partial charge in [0.15, 0.2) is 5.60 Å². The summed E-state index contributed by atoms with van der Waals surface area (Å²) in [5, 5.41) is 9.36. The maximum absolute atomic E-state index is 12.6. The minimum Gasteiger partial charge on any atom is -0.380 e. The van der Waals surface area contributed by atoms with Crippen LogP contribution in [0.3, 0.4) is 0 Å². The molecule has 0 spiro atoms. The zero-order chi connectivity index (χ0) is 14.3. The summed E-state index contributed by atoms with van der Waals surface area (Å²) in [5.41, 5.74) is -1.44. The first kappa shape index (κ1) is 13.9. The molecule has 0 aliphatic carbocycles. The van der Waals surface area contributed by atoms with Gasteiger partial charge in [-0.3, -0.25) is 4.79 Å². The van der Waals surface area contributed by atoms with Crippen LogP contribution in [0.1, 0.15) is 18.9 Å². The summed E-state index contributed by atoms with van der Waals surface area (Å²) in [5.74, 6) is -0.715. The second-order valence-corrected chi connectivity index (χ2v) is 4.87. The van der Waals surface area contributed by atoms with E-state index in [0.29, 0.717) is 25.6 Å². The number of anilines is 1. The van der Waals surface area contributed by atoms with Gasteiger partial charge in [-0.1, -0.05) is 18.2 Å². The van der Waals surface area contributed by atoms with Crippen molar-refractivity contribution in [3.05, 3.63) is 29.8 Å². The number of halogens is 3. The molecule has 0 aromatic heterocycles. The van der Waals surface area contributed by atoms with Gasteiger partial charge >= 0.3 is 6.18 Å². The van der Waals surface area contributed by atoms with Crippen molar-refractivity contribution in [2.45, 2.75) is 31.5 Å². The zero-order valence-electron chi connectivity index (χ0n) is 10.4. The van der Waals surface area contributed by atoms with Gasteiger partial charge in [0, 0.05) is 12.2 Å². The Hall–Kier alpha value is -1.56. The first-order valence-electron chi connectivity index (χ1n) is 5.90. The third kappa shape index (κ3) is 2.58. The van der Waals surface area contributed by atoms with Crippen molar-refractivity contribution in [1.29, 1.82) is 0 Å². The summed E-state index contributed by atoms with van der Waals surface area (Å²) in [6.07, 6.45) is -5.16. The third-order valence-electron chi connectivity index (χ3n) is 3.29. The Kier molecular flexibility index (Phi) is 3.30. The van der Waals surface area contributed by atoms with E-state index >= 15 is 0 Å². The Balaban J connectivity index is 2.15. The van der Waals surface area contributed by atoms with Crippen LogP contribution in [0.5, 0.6) is 0 Å². The molecule has 1 N–H and O–H groups in total. The Morgan fingerprint density at radius 3 is 2.63 bits per heavy atom. The number of fused-ring (bicyclic) bond motifs is 1. The minimum absolute atomic E-state index is 0.353. The monoisotopic (exact) mass is 273 g/mol. The quantitative estimate of drug-likeness (QED) is 0.898. The van der Waals surface area contributed by atoms with Gasteiger partial charge in [0.1, 0.15) is 0 Å². The van der Waals surface area contributed by atoms with Crippen LogP contribution in [0.25, 0.3) is 0 Å². The molecule has 3 nitrogen and oxygen atoms in total. The Morgan fingerprint density at radius 2 is 2.00 bits per heavy atom. The number of carbonyl (C=O) groups is 1. The number of rotatable bonds is 2. The van der Waals surface area contributed by atoms with Crippen LogP contribution >= 0.6 is 0 Å². The molecule has 104 valence electrons. The van der Waals surface area contributed by atoms with E-state index < -0.39 is 24.1 Å². The molecule has 0 saturated carbocycles. The van der Waals surface area contributed by atoms with Crippen LogP contribution in [0, 0.1) is 0 Å². The number of para-hydroxylation sites is 1. The fourth-order valence-electron chi connectivity index (χ4n) is 2.09. The molecule has 1 heterocycles. The standard InChI is InChI=1S/C13H14F3NO2/c1-12(19,13(14,15)16)8-11(18)17-7-6-9-4-2-3-5-10(9)17/h2-5,19H,6-8H2,1H3. The lowest BCUT2D eigenvalue weighted by molar-refractivity contribution is -0.253. The highest BCUT2D eigenvalue weighted by Gasteiger charge is 2.51. The lowest BCUT2D eigenvalue weighted by Gasteiger charge is -2.28. The maximum Gasteiger partial charge on any atom is 0.417 e. The predicted molar refractivity (Wildman–Crippen MR) is 63.8 cm³/mol. The Morgan fingerprint density at radius 1 is 1.37 bits per heavy atom. The fourth-order valence-corrected chi connectivity index (χ4v) is 2.09. The van der Waals surface area contributed by atoms with Gasteiger partial charge in [0.2, 0.25) is 5.91 Å². The van der Waals surface area contributed by atoms with Crippen LogP contribution < -0.4 is 4.90 Å². The van der Waals surface area contributed by atoms with Crippen molar-refractivity contribution >= 4 is 11.6 Å². The normalized spacial score (nSPS) is 18.1. The number of carbonyl (C=O) groups excluding carboxylic acids is 1. The molecule has 2 rings (SSSR count). The third-order valence-corrected chi connectivity index (χ3v) is 3.29. The SMILES string of the molecule is CC(O)(CC(=O)N1CCc2ccccc21)C(F)(F)F. The van der Waals surface area contributed by atoms with Gasteiger partial charge in [0.25, 0.3) is 0 Å². The van der Waals surface area contributed by atoms with Crippen molar-refractivity contribution in [1.82, 2.24) is 0 Å². The lowest BCUT2D eigenvalue weighted by Crippen LogP contribution is -2.46. The van der Waals surface area contributed by atoms with E-state index in [2.05, 4.69) is 0 Å². The van der Waals surface area contributed by atoms with Crippen LogP contribution in [-0.4, -0.2) is 29.3 Å². The molecular weight excluding hydrogens is 259 g/mol. The Bertz CT molecular complexity index is 497. The van der Waals surface area contributed by atoms with E-state index in [1.54, 1.807) is 12.1 Å². The second kappa shape index (κ2) is 4.52. The molecule has 1 aliphatic heterocycles. The van der Waals surface area contributed by atoms with E-state index in [1.165, 1.54) is 4.90 Å². The van der Waals surface area contributed by atoms with E-state index in [4.69, 9.17) is 0 Å². The highest BCUT2D eigenvalue weighted by Crippen LogP contribution is 2.35. The van der Waals surface area contributed by atoms with Gasteiger partial charge in [-0.25, -0.2) is 0 Å². The molecular formula is C13H14F3NO2. The lowest BCUT2D eigenvalue weighted by atomic mass is 10.0. The summed E-state index contributed by atoms with van der Waals surface area (Å²) in [6.45, 7) is 0.971. The van der Waals surface area contributed by atoms with Crippen LogP contribution in [0.4, 0.5) is 18.9 Å². The summed E-state index contributed by atoms with van der Waals surface area (Å²) in [7, 11) is 0. The number of amides is 1. The molecule has 1 unspecified atom stereocenters. The van der Waals surface area contributed by atoms with E-state index in [1.807, 2.05) is 12.1 Å². The van der Waals surface area contributed by atoms with Crippen molar-refractivity contribution in [3.63, 3.8) is 0 Å². The number of hydrogen-bond donors (Lipinski definition) is 1. The highest BCUT2D eigenvalue weighted by molar-refractivity contribution is 5.96. The van der Waals surface area contributed by atoms with Crippen molar-refractivity contribution in [2.24, 2.45) is 0 Å². The minimum atomic E-state index is -4.82. The number of benzene rings is 1. The topological polar surface area (TPSA) is 40.5 Å². The molecule has 1 aromatic carbocycles. The van der Waals surface area contributed by atoms with Crippen LogP contribution in [0.15, 0.2) is 24.3 Å². The molecule has 19 heavy (non-hydrogen) atoms. The second-order valence-electron chi connectivity index (χ2n) is 4.87. The maximum atomic E-state index is 12.6. The molecule has 1 aromatic rings. The predicted octanol–water partition coefficient (Wildman–Crippen LogP) is 2.28. The van der Waals surface area contributed by atoms with Crippen LogP contribution in [0.2, 0.25) is 0 Å². The molecule has 6 heteroatoms. The van der Waals surface area contributed by atoms with E-state index in [-0.39, 0.29) is 0 Å². The molecule has 0 fully saturated rings. The van der Waals surface area contributed by atoms with E-state index in [0.717, 1.165) is 5.56 Å². The smallest absolute Gasteiger partial charge is 0.380 e. The number of alkyl halides is 3. The summed E-state index contributed by atoms with van der Waals surface area (Å²) in [4.78, 5) is 13.2. The molecule has 0 bridgehead atoms. The number of nitrogens with zero attached hydrogens (tertiary/aromatic N) is 1. The Labute approximate surface area is 108 Å². The summed E-state index contributed by atoms with van der Waals surface area (Å²) < 4.78 is 37.7. The molecule has 0 radical (unpaired) electrons. The van der Waals surface area contributed by atoms with Crippen molar-refractivity contribution in [2.75, 3.05) is 11.4 Å². The average Bonchev–Trinajstić information content (AvgIpc) is 2.70. The van der Waals surface area contributed by atoms with E-state index in [9.17, 15) is 23.1 Å². The van der Waals surface area contributed by atoms with Gasteiger partial charge < -0.3 is 10.0 Å². The zero-order valence-corrected chi connectivity index (χ0v) is 10.4. The van der Waals surface area contributed by atoms with Gasteiger partial charge in [-0.15, -0.1) is 0 Å². The fraction of sp³-hybridized carbons (Fsp3) is 0.462. The molecule has 0 saturated heterocycles. The molecule has 1 atom stereocenters.